The minimum Gasteiger partial charge on any atom is -0.472 e. The number of furan rings is 1. The van der Waals surface area contributed by atoms with Crippen LogP contribution < -0.4 is 0 Å². The predicted molar refractivity (Wildman–Crippen MR) is 114 cm³/mol. The standard InChI is InChI=1S/C23H20F3N5O4/c24-23(25,26)17-9-15(14-3-7-34-12-14)11-31-18(10-27)20(28-21(17)31)22(33)29-4-1-16(2-5-29)30-6-8-35-13-19(30)32/h3,7,9,11-12,16H,1-2,4-6,8,13H2. The van der Waals surface area contributed by atoms with Crippen molar-refractivity contribution >= 4 is 17.5 Å². The minimum absolute atomic E-state index is 0.0360. The number of ether oxygens (including phenoxy) is 1. The van der Waals surface area contributed by atoms with E-state index in [-0.39, 0.29) is 35.5 Å². The number of halogens is 3. The van der Waals surface area contributed by atoms with Crippen molar-refractivity contribution in [3.8, 4) is 17.2 Å². The van der Waals surface area contributed by atoms with Crippen LogP contribution in [-0.2, 0) is 15.7 Å². The Bertz CT molecular complexity index is 1320. The number of hydrogen-bond acceptors (Lipinski definition) is 6. The van der Waals surface area contributed by atoms with Crippen LogP contribution in [-0.4, -0.2) is 69.9 Å². The summed E-state index contributed by atoms with van der Waals surface area (Å²) in [5.74, 6) is -0.712. The van der Waals surface area contributed by atoms with Crippen molar-refractivity contribution in [2.75, 3.05) is 32.8 Å². The maximum atomic E-state index is 13.9. The third-order valence-electron chi connectivity index (χ3n) is 6.40. The number of likely N-dealkylation sites (tertiary alicyclic amines) is 1. The fraction of sp³-hybridized carbons (Fsp3) is 0.391. The molecule has 0 radical (unpaired) electrons. The van der Waals surface area contributed by atoms with Crippen LogP contribution in [0, 0.1) is 11.3 Å². The minimum atomic E-state index is -4.76. The van der Waals surface area contributed by atoms with E-state index in [1.807, 2.05) is 6.07 Å². The van der Waals surface area contributed by atoms with Crippen molar-refractivity contribution in [1.82, 2.24) is 19.2 Å². The van der Waals surface area contributed by atoms with Gasteiger partial charge >= 0.3 is 6.18 Å². The van der Waals surface area contributed by atoms with Crippen LogP contribution in [0.25, 0.3) is 16.8 Å². The molecule has 0 aliphatic carbocycles. The molecule has 0 aromatic carbocycles. The van der Waals surface area contributed by atoms with Crippen molar-refractivity contribution in [3.05, 3.63) is 47.8 Å². The quantitative estimate of drug-likeness (QED) is 0.563. The van der Waals surface area contributed by atoms with Gasteiger partial charge in [0.2, 0.25) is 5.91 Å². The Hall–Kier alpha value is -3.85. The molecule has 182 valence electrons. The number of piperidine rings is 1. The van der Waals surface area contributed by atoms with Gasteiger partial charge in [0.1, 0.15) is 12.7 Å². The molecule has 2 amide bonds. The lowest BCUT2D eigenvalue weighted by atomic mass is 10.0. The summed E-state index contributed by atoms with van der Waals surface area (Å²) in [7, 11) is 0. The molecule has 5 heterocycles. The molecule has 3 aromatic rings. The van der Waals surface area contributed by atoms with Crippen LogP contribution in [0.5, 0.6) is 0 Å². The van der Waals surface area contributed by atoms with Crippen molar-refractivity contribution in [1.29, 1.82) is 5.26 Å². The van der Waals surface area contributed by atoms with Crippen LogP contribution in [0.2, 0.25) is 0 Å². The van der Waals surface area contributed by atoms with E-state index in [2.05, 4.69) is 4.98 Å². The van der Waals surface area contributed by atoms with Gasteiger partial charge < -0.3 is 19.0 Å². The molecule has 2 aliphatic rings. The Morgan fingerprint density at radius 3 is 2.60 bits per heavy atom. The van der Waals surface area contributed by atoms with Crippen LogP contribution in [0.3, 0.4) is 0 Å². The second-order valence-corrected chi connectivity index (χ2v) is 8.43. The summed E-state index contributed by atoms with van der Waals surface area (Å²) in [5, 5.41) is 9.77. The maximum absolute atomic E-state index is 13.9. The van der Waals surface area contributed by atoms with Gasteiger partial charge in [-0.25, -0.2) is 4.98 Å². The molecule has 9 nitrogen and oxygen atoms in total. The molecule has 2 saturated heterocycles. The number of hydrogen-bond donors (Lipinski definition) is 0. The fourth-order valence-corrected chi connectivity index (χ4v) is 4.64. The number of aromatic nitrogens is 2. The van der Waals surface area contributed by atoms with E-state index in [1.54, 1.807) is 4.90 Å². The molecule has 0 bridgehead atoms. The number of alkyl halides is 3. The first-order valence-electron chi connectivity index (χ1n) is 11.0. The lowest BCUT2D eigenvalue weighted by molar-refractivity contribution is -0.146. The zero-order chi connectivity index (χ0) is 24.7. The largest absolute Gasteiger partial charge is 0.472 e. The van der Waals surface area contributed by atoms with E-state index in [4.69, 9.17) is 9.15 Å². The molecule has 0 spiro atoms. The number of pyridine rings is 1. The number of carbonyl (C=O) groups excluding carboxylic acids is 2. The van der Waals surface area contributed by atoms with Gasteiger partial charge in [0.15, 0.2) is 17.0 Å². The third-order valence-corrected chi connectivity index (χ3v) is 6.40. The van der Waals surface area contributed by atoms with E-state index in [9.17, 15) is 28.0 Å². The van der Waals surface area contributed by atoms with E-state index < -0.39 is 23.3 Å². The van der Waals surface area contributed by atoms with Gasteiger partial charge in [-0.1, -0.05) is 0 Å². The molecule has 0 atom stereocenters. The molecule has 0 saturated carbocycles. The second-order valence-electron chi connectivity index (χ2n) is 8.43. The molecule has 3 aromatic heterocycles. The first-order valence-corrected chi connectivity index (χ1v) is 11.0. The summed E-state index contributed by atoms with van der Waals surface area (Å²) in [6.07, 6.45) is 0.238. The summed E-state index contributed by atoms with van der Waals surface area (Å²) in [6, 6.07) is 4.23. The fourth-order valence-electron chi connectivity index (χ4n) is 4.64. The molecule has 35 heavy (non-hydrogen) atoms. The van der Waals surface area contributed by atoms with Gasteiger partial charge in [0.05, 0.1) is 24.7 Å². The van der Waals surface area contributed by atoms with E-state index in [1.165, 1.54) is 29.7 Å². The number of nitrogens with zero attached hydrogens (tertiary/aromatic N) is 5. The van der Waals surface area contributed by atoms with Crippen molar-refractivity contribution in [3.63, 3.8) is 0 Å². The van der Waals surface area contributed by atoms with Gasteiger partial charge in [0.25, 0.3) is 5.91 Å². The van der Waals surface area contributed by atoms with Crippen LogP contribution >= 0.6 is 0 Å². The number of nitriles is 1. The van der Waals surface area contributed by atoms with Crippen molar-refractivity contribution in [2.45, 2.75) is 25.1 Å². The van der Waals surface area contributed by atoms with Crippen LogP contribution in [0.15, 0.2) is 35.3 Å². The first kappa shape index (κ1) is 22.9. The number of rotatable bonds is 3. The first-order chi connectivity index (χ1) is 16.8. The van der Waals surface area contributed by atoms with Crippen molar-refractivity contribution < 1.29 is 31.9 Å². The SMILES string of the molecule is N#Cc1c(C(=O)N2CCC(N3CCOCC3=O)CC2)nc2c(C(F)(F)F)cc(-c3ccoc3)cn12. The van der Waals surface area contributed by atoms with Gasteiger partial charge in [-0.05, 0) is 25.0 Å². The average molecular weight is 487 g/mol. The van der Waals surface area contributed by atoms with Crippen LogP contribution in [0.4, 0.5) is 13.2 Å². The van der Waals surface area contributed by atoms with Gasteiger partial charge in [-0.2, -0.15) is 18.4 Å². The second kappa shape index (κ2) is 8.74. The lowest BCUT2D eigenvalue weighted by Crippen LogP contribution is -2.52. The number of morpholine rings is 1. The lowest BCUT2D eigenvalue weighted by Gasteiger charge is -2.39. The highest BCUT2D eigenvalue weighted by molar-refractivity contribution is 5.95. The molecule has 0 N–H and O–H groups in total. The van der Waals surface area contributed by atoms with E-state index >= 15 is 0 Å². The molecule has 5 rings (SSSR count). The third kappa shape index (κ3) is 4.12. The summed E-state index contributed by atoms with van der Waals surface area (Å²) in [6.45, 7) is 1.56. The Balaban J connectivity index is 1.47. The van der Waals surface area contributed by atoms with Gasteiger partial charge in [-0.3, -0.25) is 14.0 Å². The van der Waals surface area contributed by atoms with Gasteiger partial charge in [-0.15, -0.1) is 0 Å². The molecular weight excluding hydrogens is 467 g/mol. The molecular formula is C23H20F3N5O4. The highest BCUT2D eigenvalue weighted by atomic mass is 19.4. The van der Waals surface area contributed by atoms with E-state index in [0.29, 0.717) is 44.6 Å². The Morgan fingerprint density at radius 2 is 1.97 bits per heavy atom. The van der Waals surface area contributed by atoms with Crippen molar-refractivity contribution in [2.24, 2.45) is 0 Å². The molecule has 12 heteroatoms. The molecule has 0 unspecified atom stereocenters. The highest BCUT2D eigenvalue weighted by Crippen LogP contribution is 2.36. The summed E-state index contributed by atoms with van der Waals surface area (Å²) in [5.41, 5.74) is -1.62. The normalized spacial score (nSPS) is 17.7. The maximum Gasteiger partial charge on any atom is 0.420 e. The Kier molecular flexibility index (Phi) is 5.72. The number of imidazole rings is 1. The molecule has 2 aliphatic heterocycles. The summed E-state index contributed by atoms with van der Waals surface area (Å²) >= 11 is 0. The monoisotopic (exact) mass is 487 g/mol. The smallest absolute Gasteiger partial charge is 0.420 e. The Morgan fingerprint density at radius 1 is 1.20 bits per heavy atom. The number of fused-ring (bicyclic) bond motifs is 1. The summed E-state index contributed by atoms with van der Waals surface area (Å²) < 4.78 is 52.8. The average Bonchev–Trinajstić information content (AvgIpc) is 3.51. The molecule has 2 fully saturated rings. The predicted octanol–water partition coefficient (Wildman–Crippen LogP) is 2.95. The number of amides is 2. The van der Waals surface area contributed by atoms with E-state index in [0.717, 1.165) is 10.5 Å². The van der Waals surface area contributed by atoms with Crippen LogP contribution in [0.1, 0.15) is 34.6 Å². The Labute approximate surface area is 197 Å². The highest BCUT2D eigenvalue weighted by Gasteiger charge is 2.38. The summed E-state index contributed by atoms with van der Waals surface area (Å²) in [4.78, 5) is 32.6. The zero-order valence-electron chi connectivity index (χ0n) is 18.4. The van der Waals surface area contributed by atoms with Gasteiger partial charge in [0, 0.05) is 43.0 Å². The topological polar surface area (TPSA) is 104 Å². The number of carbonyl (C=O) groups is 2. The zero-order valence-corrected chi connectivity index (χ0v) is 18.4.